The molecule has 0 aliphatic heterocycles. The normalized spacial score (nSPS) is 11.6. The van der Waals surface area contributed by atoms with E-state index in [4.69, 9.17) is 10.5 Å². The van der Waals surface area contributed by atoms with E-state index >= 15 is 0 Å². The van der Waals surface area contributed by atoms with Crippen LogP contribution >= 0.6 is 11.8 Å². The highest BCUT2D eigenvalue weighted by Gasteiger charge is 2.35. The third kappa shape index (κ3) is 4.45. The minimum absolute atomic E-state index is 0.351. The SMILES string of the molecule is CSc1ccc(-n2nc(C(F)(F)F)cc2-c2ccc(OCCN)cc2)cc1. The molecule has 0 bridgehead atoms. The predicted octanol–water partition coefficient (Wildman–Crippen LogP) is 4.62. The molecule has 3 rings (SSSR count). The fourth-order valence-corrected chi connectivity index (χ4v) is 2.95. The summed E-state index contributed by atoms with van der Waals surface area (Å²) in [6, 6.07) is 15.1. The van der Waals surface area contributed by atoms with Gasteiger partial charge in [-0.1, -0.05) is 0 Å². The summed E-state index contributed by atoms with van der Waals surface area (Å²) in [7, 11) is 0. The van der Waals surface area contributed by atoms with Crippen LogP contribution in [0.25, 0.3) is 16.9 Å². The number of thioether (sulfide) groups is 1. The fourth-order valence-electron chi connectivity index (χ4n) is 2.54. The van der Waals surface area contributed by atoms with Crippen LogP contribution in [0.5, 0.6) is 5.75 Å². The van der Waals surface area contributed by atoms with E-state index in [0.29, 0.717) is 35.8 Å². The molecule has 0 spiro atoms. The van der Waals surface area contributed by atoms with Crippen LogP contribution in [0, 0.1) is 0 Å². The third-order valence-electron chi connectivity index (χ3n) is 3.85. The Morgan fingerprint density at radius 2 is 1.74 bits per heavy atom. The number of alkyl halides is 3. The summed E-state index contributed by atoms with van der Waals surface area (Å²) in [6.45, 7) is 0.757. The van der Waals surface area contributed by atoms with Gasteiger partial charge in [0.05, 0.1) is 11.4 Å². The van der Waals surface area contributed by atoms with Gasteiger partial charge in [-0.2, -0.15) is 18.3 Å². The average Bonchev–Trinajstić information content (AvgIpc) is 3.13. The molecule has 1 aromatic heterocycles. The van der Waals surface area contributed by atoms with E-state index in [-0.39, 0.29) is 0 Å². The Bertz CT molecular complexity index is 890. The van der Waals surface area contributed by atoms with Gasteiger partial charge in [0.15, 0.2) is 5.69 Å². The Hall–Kier alpha value is -2.45. The van der Waals surface area contributed by atoms with Crippen molar-refractivity contribution in [2.24, 2.45) is 5.73 Å². The number of rotatable bonds is 6. The maximum Gasteiger partial charge on any atom is 0.435 e. The van der Waals surface area contributed by atoms with E-state index in [1.165, 1.54) is 4.68 Å². The zero-order valence-corrected chi connectivity index (χ0v) is 15.3. The van der Waals surface area contributed by atoms with Gasteiger partial charge < -0.3 is 10.5 Å². The van der Waals surface area contributed by atoms with Crippen molar-refractivity contribution < 1.29 is 17.9 Å². The highest BCUT2D eigenvalue weighted by atomic mass is 32.2. The highest BCUT2D eigenvalue weighted by molar-refractivity contribution is 7.98. The molecule has 0 amide bonds. The monoisotopic (exact) mass is 393 g/mol. The van der Waals surface area contributed by atoms with Gasteiger partial charge in [0.25, 0.3) is 0 Å². The van der Waals surface area contributed by atoms with Gasteiger partial charge in [-0.15, -0.1) is 11.8 Å². The van der Waals surface area contributed by atoms with Crippen LogP contribution in [0.15, 0.2) is 59.5 Å². The average molecular weight is 393 g/mol. The molecule has 8 heteroatoms. The van der Waals surface area contributed by atoms with Gasteiger partial charge in [0.2, 0.25) is 0 Å². The van der Waals surface area contributed by atoms with Crippen molar-refractivity contribution in [2.75, 3.05) is 19.4 Å². The highest BCUT2D eigenvalue weighted by Crippen LogP contribution is 2.34. The molecule has 2 aromatic carbocycles. The van der Waals surface area contributed by atoms with Crippen molar-refractivity contribution in [1.29, 1.82) is 0 Å². The van der Waals surface area contributed by atoms with Gasteiger partial charge in [-0.3, -0.25) is 0 Å². The second-order valence-corrected chi connectivity index (χ2v) is 6.56. The smallest absolute Gasteiger partial charge is 0.435 e. The first-order chi connectivity index (χ1) is 12.9. The maximum absolute atomic E-state index is 13.2. The molecule has 0 radical (unpaired) electrons. The number of ether oxygens (including phenoxy) is 1. The van der Waals surface area contributed by atoms with Gasteiger partial charge >= 0.3 is 6.18 Å². The summed E-state index contributed by atoms with van der Waals surface area (Å²) in [5.41, 5.74) is 5.98. The van der Waals surface area contributed by atoms with Gasteiger partial charge in [0.1, 0.15) is 12.4 Å². The summed E-state index contributed by atoms with van der Waals surface area (Å²) in [5, 5.41) is 3.79. The van der Waals surface area contributed by atoms with Crippen molar-refractivity contribution in [3.63, 3.8) is 0 Å². The van der Waals surface area contributed by atoms with Crippen molar-refractivity contribution in [2.45, 2.75) is 11.1 Å². The Labute approximate surface area is 159 Å². The van der Waals surface area contributed by atoms with E-state index in [2.05, 4.69) is 5.10 Å². The summed E-state index contributed by atoms with van der Waals surface area (Å²) in [5.74, 6) is 0.607. The molecule has 27 heavy (non-hydrogen) atoms. The first kappa shape index (κ1) is 19.3. The van der Waals surface area contributed by atoms with Crippen molar-refractivity contribution in [1.82, 2.24) is 9.78 Å². The largest absolute Gasteiger partial charge is 0.492 e. The Kier molecular flexibility index (Phi) is 5.76. The Balaban J connectivity index is 2.03. The topological polar surface area (TPSA) is 53.1 Å². The molecule has 0 aliphatic rings. The standard InChI is InChI=1S/C19H18F3N3OS/c1-27-16-8-4-14(5-9-16)25-17(12-18(24-25)19(20,21)22)13-2-6-15(7-3-13)26-11-10-23/h2-9,12H,10-11,23H2,1H3. The van der Waals surface area contributed by atoms with Gasteiger partial charge in [0, 0.05) is 17.0 Å². The summed E-state index contributed by atoms with van der Waals surface area (Å²) in [6.07, 6.45) is -2.59. The minimum atomic E-state index is -4.52. The summed E-state index contributed by atoms with van der Waals surface area (Å²) >= 11 is 1.56. The molecule has 0 saturated carbocycles. The summed E-state index contributed by atoms with van der Waals surface area (Å²) in [4.78, 5) is 1.02. The number of benzene rings is 2. The number of hydrogen-bond donors (Lipinski definition) is 1. The lowest BCUT2D eigenvalue weighted by molar-refractivity contribution is -0.141. The predicted molar refractivity (Wildman–Crippen MR) is 100 cm³/mol. The van der Waals surface area contributed by atoms with Crippen LogP contribution in [0.3, 0.4) is 0 Å². The molecular weight excluding hydrogens is 375 g/mol. The van der Waals surface area contributed by atoms with E-state index in [1.807, 2.05) is 18.4 Å². The first-order valence-electron chi connectivity index (χ1n) is 8.17. The molecule has 0 aliphatic carbocycles. The van der Waals surface area contributed by atoms with Gasteiger partial charge in [-0.05, 0) is 60.9 Å². The Morgan fingerprint density at radius 1 is 1.07 bits per heavy atom. The number of aromatic nitrogens is 2. The lowest BCUT2D eigenvalue weighted by atomic mass is 10.1. The lowest BCUT2D eigenvalue weighted by Gasteiger charge is -2.09. The molecular formula is C19H18F3N3OS. The van der Waals surface area contributed by atoms with Crippen molar-refractivity contribution in [3.05, 3.63) is 60.3 Å². The molecule has 0 unspecified atom stereocenters. The maximum atomic E-state index is 13.2. The molecule has 142 valence electrons. The molecule has 0 atom stereocenters. The van der Waals surface area contributed by atoms with Crippen LogP contribution in [-0.4, -0.2) is 29.2 Å². The zero-order valence-electron chi connectivity index (χ0n) is 14.5. The van der Waals surface area contributed by atoms with Crippen molar-refractivity contribution >= 4 is 11.8 Å². The molecule has 0 saturated heterocycles. The molecule has 0 fully saturated rings. The second kappa shape index (κ2) is 8.06. The number of hydrogen-bond acceptors (Lipinski definition) is 4. The van der Waals surface area contributed by atoms with Crippen LogP contribution in [0.1, 0.15) is 5.69 Å². The zero-order chi connectivity index (χ0) is 19.4. The Morgan fingerprint density at radius 3 is 2.30 bits per heavy atom. The van der Waals surface area contributed by atoms with Gasteiger partial charge in [-0.25, -0.2) is 4.68 Å². The second-order valence-electron chi connectivity index (χ2n) is 5.68. The number of nitrogens with two attached hydrogens (primary N) is 1. The van der Waals surface area contributed by atoms with Crippen LogP contribution in [-0.2, 0) is 6.18 Å². The molecule has 4 nitrogen and oxygen atoms in total. The lowest BCUT2D eigenvalue weighted by Crippen LogP contribution is -2.10. The molecule has 3 aromatic rings. The first-order valence-corrected chi connectivity index (χ1v) is 9.40. The fraction of sp³-hybridized carbons (Fsp3) is 0.211. The van der Waals surface area contributed by atoms with E-state index in [0.717, 1.165) is 11.0 Å². The number of nitrogens with zero attached hydrogens (tertiary/aromatic N) is 2. The van der Waals surface area contributed by atoms with Crippen LogP contribution in [0.4, 0.5) is 13.2 Å². The van der Waals surface area contributed by atoms with E-state index in [9.17, 15) is 13.2 Å². The molecule has 2 N–H and O–H groups in total. The molecule has 1 heterocycles. The minimum Gasteiger partial charge on any atom is -0.492 e. The van der Waals surface area contributed by atoms with Crippen LogP contribution < -0.4 is 10.5 Å². The quantitative estimate of drug-likeness (QED) is 0.621. The third-order valence-corrected chi connectivity index (χ3v) is 4.60. The summed E-state index contributed by atoms with van der Waals surface area (Å²) < 4.78 is 46.4. The number of halogens is 3. The van der Waals surface area contributed by atoms with Crippen LogP contribution in [0.2, 0.25) is 0 Å². The van der Waals surface area contributed by atoms with Crippen molar-refractivity contribution in [3.8, 4) is 22.7 Å². The van der Waals surface area contributed by atoms with E-state index < -0.39 is 11.9 Å². The van der Waals surface area contributed by atoms with E-state index in [1.54, 1.807) is 48.2 Å².